The summed E-state index contributed by atoms with van der Waals surface area (Å²) in [5.41, 5.74) is 1.83. The lowest BCUT2D eigenvalue weighted by molar-refractivity contribution is 0.625. The summed E-state index contributed by atoms with van der Waals surface area (Å²) in [5, 5.41) is 0. The van der Waals surface area contributed by atoms with Crippen molar-refractivity contribution < 1.29 is 4.39 Å². The number of halogens is 1. The van der Waals surface area contributed by atoms with Crippen LogP contribution in [0.2, 0.25) is 0 Å². The monoisotopic (exact) mass is 167 g/mol. The van der Waals surface area contributed by atoms with Crippen LogP contribution in [0.1, 0.15) is 12.5 Å². The molecule has 0 atom stereocenters. The number of anilines is 1. The highest BCUT2D eigenvalue weighted by Crippen LogP contribution is 2.18. The van der Waals surface area contributed by atoms with E-state index >= 15 is 0 Å². The summed E-state index contributed by atoms with van der Waals surface area (Å²) in [6.07, 6.45) is 0.946. The van der Waals surface area contributed by atoms with Gasteiger partial charge in [0.2, 0.25) is 0 Å². The zero-order valence-electron chi connectivity index (χ0n) is 7.76. The van der Waals surface area contributed by atoms with Crippen molar-refractivity contribution >= 4 is 5.69 Å². The molecule has 0 fully saturated rings. The quantitative estimate of drug-likeness (QED) is 0.654. The van der Waals surface area contributed by atoms with Crippen LogP contribution in [0.15, 0.2) is 18.2 Å². The maximum Gasteiger partial charge on any atom is 0.146 e. The van der Waals surface area contributed by atoms with E-state index in [0.717, 1.165) is 6.42 Å². The Morgan fingerprint density at radius 1 is 1.33 bits per heavy atom. The van der Waals surface area contributed by atoms with Crippen LogP contribution in [-0.4, -0.2) is 14.1 Å². The first kappa shape index (κ1) is 9.04. The fourth-order valence-corrected chi connectivity index (χ4v) is 1.12. The molecule has 0 radical (unpaired) electrons. The molecule has 0 aromatic heterocycles. The van der Waals surface area contributed by atoms with Gasteiger partial charge in [-0.25, -0.2) is 4.39 Å². The van der Waals surface area contributed by atoms with Gasteiger partial charge in [-0.1, -0.05) is 13.0 Å². The fraction of sp³-hybridized carbons (Fsp3) is 0.400. The molecular weight excluding hydrogens is 153 g/mol. The van der Waals surface area contributed by atoms with Gasteiger partial charge in [-0.05, 0) is 24.1 Å². The molecule has 0 saturated carbocycles. The van der Waals surface area contributed by atoms with Crippen molar-refractivity contribution in [3.63, 3.8) is 0 Å². The second kappa shape index (κ2) is 3.57. The molecule has 0 unspecified atom stereocenters. The number of nitrogens with zero attached hydrogens (tertiary/aromatic N) is 1. The minimum Gasteiger partial charge on any atom is -0.375 e. The van der Waals surface area contributed by atoms with Crippen LogP contribution >= 0.6 is 0 Å². The maximum atomic E-state index is 13.1. The van der Waals surface area contributed by atoms with Crippen LogP contribution in [0.4, 0.5) is 10.1 Å². The molecule has 0 bridgehead atoms. The molecule has 1 aromatic rings. The van der Waals surface area contributed by atoms with Crippen molar-refractivity contribution in [3.8, 4) is 0 Å². The summed E-state index contributed by atoms with van der Waals surface area (Å²) in [6.45, 7) is 2.06. The third-order valence-corrected chi connectivity index (χ3v) is 1.90. The Balaban J connectivity index is 3.08. The molecule has 0 saturated heterocycles. The smallest absolute Gasteiger partial charge is 0.146 e. The van der Waals surface area contributed by atoms with E-state index in [2.05, 4.69) is 6.92 Å². The summed E-state index contributed by atoms with van der Waals surface area (Å²) in [7, 11) is 3.69. The van der Waals surface area contributed by atoms with E-state index in [1.807, 2.05) is 26.2 Å². The van der Waals surface area contributed by atoms with Crippen LogP contribution in [0.3, 0.4) is 0 Å². The van der Waals surface area contributed by atoms with Gasteiger partial charge < -0.3 is 4.90 Å². The minimum absolute atomic E-state index is 0.155. The zero-order chi connectivity index (χ0) is 9.14. The first-order valence-electron chi connectivity index (χ1n) is 4.11. The first-order valence-corrected chi connectivity index (χ1v) is 4.11. The molecule has 0 aliphatic heterocycles. The normalized spacial score (nSPS) is 10.0. The van der Waals surface area contributed by atoms with Gasteiger partial charge in [0.25, 0.3) is 0 Å². The zero-order valence-corrected chi connectivity index (χ0v) is 7.76. The Morgan fingerprint density at radius 3 is 2.50 bits per heavy atom. The Hall–Kier alpha value is -1.05. The Bertz CT molecular complexity index is 269. The van der Waals surface area contributed by atoms with Gasteiger partial charge in [-0.2, -0.15) is 0 Å². The average Bonchev–Trinajstić information content (AvgIpc) is 2.05. The van der Waals surface area contributed by atoms with Crippen molar-refractivity contribution in [1.82, 2.24) is 0 Å². The number of hydrogen-bond acceptors (Lipinski definition) is 1. The molecular formula is C10H14FN. The lowest BCUT2D eigenvalue weighted by Gasteiger charge is -2.14. The van der Waals surface area contributed by atoms with E-state index in [1.54, 1.807) is 4.90 Å². The SMILES string of the molecule is CCc1ccc(F)c(N(C)C)c1. The lowest BCUT2D eigenvalue weighted by atomic mass is 10.1. The summed E-state index contributed by atoms with van der Waals surface area (Å²) in [5.74, 6) is -0.155. The highest BCUT2D eigenvalue weighted by molar-refractivity contribution is 5.48. The summed E-state index contributed by atoms with van der Waals surface area (Å²) < 4.78 is 13.1. The third kappa shape index (κ3) is 1.76. The predicted octanol–water partition coefficient (Wildman–Crippen LogP) is 2.45. The van der Waals surface area contributed by atoms with E-state index in [0.29, 0.717) is 5.69 Å². The third-order valence-electron chi connectivity index (χ3n) is 1.90. The van der Waals surface area contributed by atoms with Crippen LogP contribution in [0, 0.1) is 5.82 Å². The lowest BCUT2D eigenvalue weighted by Crippen LogP contribution is -2.10. The molecule has 0 amide bonds. The largest absolute Gasteiger partial charge is 0.375 e. The minimum atomic E-state index is -0.155. The fourth-order valence-electron chi connectivity index (χ4n) is 1.12. The molecule has 0 spiro atoms. The molecule has 2 heteroatoms. The predicted molar refractivity (Wildman–Crippen MR) is 50.1 cm³/mol. The molecule has 0 aliphatic carbocycles. The van der Waals surface area contributed by atoms with Crippen molar-refractivity contribution in [3.05, 3.63) is 29.6 Å². The second-order valence-electron chi connectivity index (χ2n) is 3.03. The van der Waals surface area contributed by atoms with Crippen molar-refractivity contribution in [2.45, 2.75) is 13.3 Å². The second-order valence-corrected chi connectivity index (χ2v) is 3.03. The van der Waals surface area contributed by atoms with E-state index in [1.165, 1.54) is 11.6 Å². The van der Waals surface area contributed by atoms with Crippen LogP contribution < -0.4 is 4.90 Å². The molecule has 1 rings (SSSR count). The molecule has 12 heavy (non-hydrogen) atoms. The van der Waals surface area contributed by atoms with Crippen LogP contribution in [-0.2, 0) is 6.42 Å². The summed E-state index contributed by atoms with van der Waals surface area (Å²) in [4.78, 5) is 1.79. The van der Waals surface area contributed by atoms with Crippen LogP contribution in [0.25, 0.3) is 0 Å². The van der Waals surface area contributed by atoms with Gasteiger partial charge in [-0.3, -0.25) is 0 Å². The van der Waals surface area contributed by atoms with Gasteiger partial charge >= 0.3 is 0 Å². The molecule has 1 nitrogen and oxygen atoms in total. The highest BCUT2D eigenvalue weighted by Gasteiger charge is 2.03. The van der Waals surface area contributed by atoms with Crippen LogP contribution in [0.5, 0.6) is 0 Å². The van der Waals surface area contributed by atoms with Gasteiger partial charge in [0, 0.05) is 14.1 Å². The van der Waals surface area contributed by atoms with E-state index in [9.17, 15) is 4.39 Å². The first-order chi connectivity index (χ1) is 5.65. The van der Waals surface area contributed by atoms with E-state index in [4.69, 9.17) is 0 Å². The summed E-state index contributed by atoms with van der Waals surface area (Å²) in [6, 6.07) is 5.23. The van der Waals surface area contributed by atoms with Gasteiger partial charge in [0.05, 0.1) is 5.69 Å². The Labute approximate surface area is 72.8 Å². The molecule has 0 aliphatic rings. The standard InChI is InChI=1S/C10H14FN/c1-4-8-5-6-9(11)10(7-8)12(2)3/h5-7H,4H2,1-3H3. The van der Waals surface area contributed by atoms with Gasteiger partial charge in [-0.15, -0.1) is 0 Å². The molecule has 1 aromatic carbocycles. The maximum absolute atomic E-state index is 13.1. The summed E-state index contributed by atoms with van der Waals surface area (Å²) >= 11 is 0. The Kier molecular flexibility index (Phi) is 2.69. The highest BCUT2D eigenvalue weighted by atomic mass is 19.1. The molecule has 66 valence electrons. The Morgan fingerprint density at radius 2 is 2.00 bits per heavy atom. The van der Waals surface area contributed by atoms with Crippen molar-refractivity contribution in [1.29, 1.82) is 0 Å². The van der Waals surface area contributed by atoms with Crippen molar-refractivity contribution in [2.24, 2.45) is 0 Å². The molecule has 0 heterocycles. The topological polar surface area (TPSA) is 3.24 Å². The molecule has 0 N–H and O–H groups in total. The number of aryl methyl sites for hydroxylation is 1. The van der Waals surface area contributed by atoms with E-state index < -0.39 is 0 Å². The number of benzene rings is 1. The number of hydrogen-bond donors (Lipinski definition) is 0. The van der Waals surface area contributed by atoms with Gasteiger partial charge in [0.1, 0.15) is 5.82 Å². The number of rotatable bonds is 2. The van der Waals surface area contributed by atoms with Gasteiger partial charge in [0.15, 0.2) is 0 Å². The van der Waals surface area contributed by atoms with Crippen molar-refractivity contribution in [2.75, 3.05) is 19.0 Å². The van der Waals surface area contributed by atoms with E-state index in [-0.39, 0.29) is 5.82 Å². The average molecular weight is 167 g/mol.